The maximum absolute atomic E-state index is 12.5. The number of aromatic nitrogens is 4. The fraction of sp³-hybridized carbons (Fsp3) is 0.300. The lowest BCUT2D eigenvalue weighted by molar-refractivity contribution is -0.113. The molecule has 2 aromatic carbocycles. The first-order valence-electron chi connectivity index (χ1n) is 9.01. The zero-order valence-corrected chi connectivity index (χ0v) is 16.6. The van der Waals surface area contributed by atoms with Gasteiger partial charge in [-0.2, -0.15) is 4.68 Å². The van der Waals surface area contributed by atoms with Gasteiger partial charge < -0.3 is 5.32 Å². The third-order valence-electron chi connectivity index (χ3n) is 4.28. The summed E-state index contributed by atoms with van der Waals surface area (Å²) in [6.07, 6.45) is 1.75. The molecule has 6 nitrogen and oxygen atoms in total. The number of thioether (sulfide) groups is 1. The Hall–Kier alpha value is -2.67. The van der Waals surface area contributed by atoms with E-state index in [0.29, 0.717) is 5.16 Å². The predicted molar refractivity (Wildman–Crippen MR) is 108 cm³/mol. The monoisotopic (exact) mass is 381 g/mol. The molecule has 3 rings (SSSR count). The predicted octanol–water partition coefficient (Wildman–Crippen LogP) is 3.83. The molecule has 0 atom stereocenters. The molecular formula is C20H23N5OS. The number of aryl methyl sites for hydroxylation is 3. The molecule has 0 saturated heterocycles. The second-order valence-corrected chi connectivity index (χ2v) is 7.15. The Balaban J connectivity index is 1.70. The number of rotatable bonds is 7. The molecule has 0 spiro atoms. The topological polar surface area (TPSA) is 72.7 Å². The molecule has 0 saturated carbocycles. The van der Waals surface area contributed by atoms with Gasteiger partial charge in [-0.1, -0.05) is 55.9 Å². The van der Waals surface area contributed by atoms with Gasteiger partial charge in [0, 0.05) is 5.69 Å². The van der Waals surface area contributed by atoms with E-state index in [4.69, 9.17) is 0 Å². The van der Waals surface area contributed by atoms with Crippen LogP contribution in [0.1, 0.15) is 30.5 Å². The van der Waals surface area contributed by atoms with Crippen molar-refractivity contribution in [3.05, 3.63) is 59.2 Å². The maximum Gasteiger partial charge on any atom is 0.234 e. The van der Waals surface area contributed by atoms with E-state index in [2.05, 4.69) is 46.8 Å². The molecule has 0 bridgehead atoms. The van der Waals surface area contributed by atoms with Gasteiger partial charge in [-0.25, -0.2) is 0 Å². The van der Waals surface area contributed by atoms with Crippen LogP contribution in [0.3, 0.4) is 0 Å². The Morgan fingerprint density at radius 1 is 1.11 bits per heavy atom. The van der Waals surface area contributed by atoms with Crippen molar-refractivity contribution in [3.8, 4) is 5.69 Å². The fourth-order valence-electron chi connectivity index (χ4n) is 2.90. The van der Waals surface area contributed by atoms with E-state index in [-0.39, 0.29) is 11.7 Å². The van der Waals surface area contributed by atoms with Crippen LogP contribution in [0, 0.1) is 6.92 Å². The van der Waals surface area contributed by atoms with Gasteiger partial charge in [-0.15, -0.1) is 5.10 Å². The first-order valence-corrected chi connectivity index (χ1v) is 9.99. The minimum atomic E-state index is -0.0607. The Labute approximate surface area is 163 Å². The highest BCUT2D eigenvalue weighted by atomic mass is 32.2. The van der Waals surface area contributed by atoms with Gasteiger partial charge in [0.15, 0.2) is 0 Å². The van der Waals surface area contributed by atoms with E-state index in [9.17, 15) is 4.79 Å². The standard InChI is InChI=1S/C20H23N5OS/c1-4-15-9-7-10-16(5-2)19(15)21-18(26)13-27-20-22-23-24-25(20)17-11-6-8-14(3)12-17/h6-12H,4-5,13H2,1-3H3,(H,21,26). The Morgan fingerprint density at radius 3 is 2.48 bits per heavy atom. The summed E-state index contributed by atoms with van der Waals surface area (Å²) in [7, 11) is 0. The van der Waals surface area contributed by atoms with Crippen LogP contribution in [0.2, 0.25) is 0 Å². The second-order valence-electron chi connectivity index (χ2n) is 6.21. The molecule has 0 radical (unpaired) electrons. The molecule has 140 valence electrons. The quantitative estimate of drug-likeness (QED) is 0.630. The zero-order valence-electron chi connectivity index (χ0n) is 15.8. The van der Waals surface area contributed by atoms with Gasteiger partial charge in [0.2, 0.25) is 11.1 Å². The molecule has 0 aliphatic heterocycles. The van der Waals surface area contributed by atoms with Crippen LogP contribution in [0.4, 0.5) is 5.69 Å². The van der Waals surface area contributed by atoms with Gasteiger partial charge in [0.1, 0.15) is 0 Å². The number of carbonyl (C=O) groups is 1. The van der Waals surface area contributed by atoms with Crippen LogP contribution in [-0.4, -0.2) is 31.9 Å². The van der Waals surface area contributed by atoms with Crippen molar-refractivity contribution in [2.75, 3.05) is 11.1 Å². The number of tetrazole rings is 1. The number of nitrogens with zero attached hydrogens (tertiary/aromatic N) is 4. The van der Waals surface area contributed by atoms with E-state index in [1.807, 2.05) is 37.3 Å². The molecule has 0 aliphatic rings. The molecule has 1 heterocycles. The first-order chi connectivity index (χ1) is 13.1. The van der Waals surface area contributed by atoms with E-state index in [0.717, 1.165) is 40.9 Å². The highest BCUT2D eigenvalue weighted by Gasteiger charge is 2.14. The zero-order chi connectivity index (χ0) is 19.2. The number of para-hydroxylation sites is 1. The number of anilines is 1. The molecule has 1 N–H and O–H groups in total. The normalized spacial score (nSPS) is 10.8. The van der Waals surface area contributed by atoms with E-state index in [1.165, 1.54) is 11.8 Å². The number of carbonyl (C=O) groups excluding carboxylic acids is 1. The van der Waals surface area contributed by atoms with Gasteiger partial charge >= 0.3 is 0 Å². The third-order valence-corrected chi connectivity index (χ3v) is 5.20. The van der Waals surface area contributed by atoms with Crippen molar-refractivity contribution in [2.24, 2.45) is 0 Å². The minimum Gasteiger partial charge on any atom is -0.325 e. The number of hydrogen-bond donors (Lipinski definition) is 1. The lowest BCUT2D eigenvalue weighted by Gasteiger charge is -2.14. The van der Waals surface area contributed by atoms with Crippen LogP contribution in [0.25, 0.3) is 5.69 Å². The lowest BCUT2D eigenvalue weighted by Crippen LogP contribution is -2.17. The highest BCUT2D eigenvalue weighted by molar-refractivity contribution is 7.99. The number of nitrogens with one attached hydrogen (secondary N) is 1. The Kier molecular flexibility index (Phi) is 6.24. The number of amides is 1. The van der Waals surface area contributed by atoms with Crippen LogP contribution >= 0.6 is 11.8 Å². The summed E-state index contributed by atoms with van der Waals surface area (Å²) in [4.78, 5) is 12.5. The van der Waals surface area contributed by atoms with Crippen LogP contribution < -0.4 is 5.32 Å². The highest BCUT2D eigenvalue weighted by Crippen LogP contribution is 2.24. The molecule has 3 aromatic rings. The Morgan fingerprint density at radius 2 is 1.81 bits per heavy atom. The average molecular weight is 382 g/mol. The first kappa shape index (κ1) is 19.1. The summed E-state index contributed by atoms with van der Waals surface area (Å²) in [6, 6.07) is 14.1. The van der Waals surface area contributed by atoms with Gasteiger partial charge in [-0.05, 0) is 59.0 Å². The van der Waals surface area contributed by atoms with Crippen molar-refractivity contribution in [1.29, 1.82) is 0 Å². The Bertz CT molecular complexity index is 915. The number of benzene rings is 2. The van der Waals surface area contributed by atoms with E-state index in [1.54, 1.807) is 4.68 Å². The summed E-state index contributed by atoms with van der Waals surface area (Å²) >= 11 is 1.32. The number of hydrogen-bond acceptors (Lipinski definition) is 5. The summed E-state index contributed by atoms with van der Waals surface area (Å²) in [5.41, 5.74) is 5.24. The maximum atomic E-state index is 12.5. The van der Waals surface area contributed by atoms with Crippen LogP contribution in [0.15, 0.2) is 47.6 Å². The van der Waals surface area contributed by atoms with Gasteiger partial charge in [0.05, 0.1) is 11.4 Å². The van der Waals surface area contributed by atoms with Crippen molar-refractivity contribution in [2.45, 2.75) is 38.8 Å². The summed E-state index contributed by atoms with van der Waals surface area (Å²) < 4.78 is 1.66. The van der Waals surface area contributed by atoms with Crippen molar-refractivity contribution in [3.63, 3.8) is 0 Å². The molecule has 0 fully saturated rings. The second kappa shape index (κ2) is 8.81. The molecule has 7 heteroatoms. The summed E-state index contributed by atoms with van der Waals surface area (Å²) in [6.45, 7) is 6.20. The minimum absolute atomic E-state index is 0.0607. The van der Waals surface area contributed by atoms with Crippen LogP contribution in [0.5, 0.6) is 0 Å². The molecule has 0 unspecified atom stereocenters. The SMILES string of the molecule is CCc1cccc(CC)c1NC(=O)CSc1nnnn1-c1cccc(C)c1. The molecule has 27 heavy (non-hydrogen) atoms. The van der Waals surface area contributed by atoms with Crippen molar-refractivity contribution < 1.29 is 4.79 Å². The smallest absolute Gasteiger partial charge is 0.234 e. The summed E-state index contributed by atoms with van der Waals surface area (Å²) in [5, 5.41) is 15.5. The molecule has 1 aromatic heterocycles. The molecule has 0 aliphatic carbocycles. The fourth-order valence-corrected chi connectivity index (χ4v) is 3.59. The summed E-state index contributed by atoms with van der Waals surface area (Å²) in [5.74, 6) is 0.183. The average Bonchev–Trinajstić information content (AvgIpc) is 3.15. The van der Waals surface area contributed by atoms with Crippen molar-refractivity contribution >= 4 is 23.4 Å². The molecule has 1 amide bonds. The van der Waals surface area contributed by atoms with Gasteiger partial charge in [-0.3, -0.25) is 4.79 Å². The molecular weight excluding hydrogens is 358 g/mol. The van der Waals surface area contributed by atoms with E-state index >= 15 is 0 Å². The third kappa shape index (κ3) is 4.54. The largest absolute Gasteiger partial charge is 0.325 e. The van der Waals surface area contributed by atoms with Gasteiger partial charge in [0.25, 0.3) is 0 Å². The lowest BCUT2D eigenvalue weighted by atomic mass is 10.0. The van der Waals surface area contributed by atoms with E-state index < -0.39 is 0 Å². The van der Waals surface area contributed by atoms with Crippen LogP contribution in [-0.2, 0) is 17.6 Å². The van der Waals surface area contributed by atoms with Crippen molar-refractivity contribution in [1.82, 2.24) is 20.2 Å².